The van der Waals surface area contributed by atoms with Crippen LogP contribution in [-0.4, -0.2) is 26.2 Å². The van der Waals surface area contributed by atoms with E-state index in [-0.39, 0.29) is 11.9 Å². The van der Waals surface area contributed by atoms with Gasteiger partial charge in [0.25, 0.3) is 0 Å². The van der Waals surface area contributed by atoms with Crippen molar-refractivity contribution in [1.82, 2.24) is 0 Å². The molecule has 2 rings (SSSR count). The molecule has 4 nitrogen and oxygen atoms in total. The second kappa shape index (κ2) is 6.62. The van der Waals surface area contributed by atoms with Crippen molar-refractivity contribution >= 4 is 25.0 Å². The molecule has 0 bridgehead atoms. The molecule has 116 valence electrons. The Kier molecular flexibility index (Phi) is 5.26. The van der Waals surface area contributed by atoms with Crippen LogP contribution >= 0.6 is 19.2 Å². The van der Waals surface area contributed by atoms with Gasteiger partial charge in [-0.05, 0) is 30.5 Å². The van der Waals surface area contributed by atoms with Crippen molar-refractivity contribution in [2.75, 3.05) is 20.4 Å². The van der Waals surface area contributed by atoms with Crippen molar-refractivity contribution in [3.05, 3.63) is 34.9 Å². The molecule has 1 aliphatic carbocycles. The first-order valence-corrected chi connectivity index (χ1v) is 9.06. The fourth-order valence-corrected chi connectivity index (χ4v) is 4.19. The first kappa shape index (κ1) is 16.7. The van der Waals surface area contributed by atoms with E-state index in [2.05, 4.69) is 0 Å². The fourth-order valence-electron chi connectivity index (χ4n) is 3.01. The summed E-state index contributed by atoms with van der Waals surface area (Å²) in [5.74, 6) is -0.0747. The molecule has 0 saturated heterocycles. The molecule has 6 heteroatoms. The maximum absolute atomic E-state index is 12.8. The minimum atomic E-state index is -3.34. The molecule has 0 atom stereocenters. The molecule has 1 fully saturated rings. The largest absolute Gasteiger partial charge is 0.337 e. The molecular formula is C15H20ClO4P. The first-order chi connectivity index (χ1) is 9.96. The molecule has 1 aromatic rings. The van der Waals surface area contributed by atoms with Gasteiger partial charge in [0, 0.05) is 19.2 Å². The number of ketones is 1. The number of rotatable bonds is 6. The summed E-state index contributed by atoms with van der Waals surface area (Å²) in [6.07, 6.45) is 3.31. The summed E-state index contributed by atoms with van der Waals surface area (Å²) >= 11 is 5.93. The van der Waals surface area contributed by atoms with Gasteiger partial charge < -0.3 is 9.05 Å². The summed E-state index contributed by atoms with van der Waals surface area (Å²) in [7, 11) is -0.724. The van der Waals surface area contributed by atoms with Crippen LogP contribution in [0.1, 0.15) is 31.2 Å². The summed E-state index contributed by atoms with van der Waals surface area (Å²) in [5, 5.41) is 0.638. The second-order valence-corrected chi connectivity index (χ2v) is 8.06. The monoisotopic (exact) mass is 330 g/mol. The van der Waals surface area contributed by atoms with E-state index < -0.39 is 13.0 Å². The minimum absolute atomic E-state index is 0.0747. The van der Waals surface area contributed by atoms with E-state index in [0.29, 0.717) is 5.02 Å². The van der Waals surface area contributed by atoms with Crippen molar-refractivity contribution in [1.29, 1.82) is 0 Å². The number of hydrogen-bond donors (Lipinski definition) is 0. The smallest absolute Gasteiger partial charge is 0.312 e. The molecule has 21 heavy (non-hydrogen) atoms. The predicted molar refractivity (Wildman–Crippen MR) is 83.1 cm³/mol. The molecule has 0 aromatic heterocycles. The normalized spacial score (nSPS) is 17.9. The SMILES string of the molecule is COP(=O)(CC(=O)C1(c2ccc(Cl)cc2)CCCC1)OC. The zero-order chi connectivity index (χ0) is 15.5. The van der Waals surface area contributed by atoms with Crippen LogP contribution in [-0.2, 0) is 23.8 Å². The van der Waals surface area contributed by atoms with Crippen LogP contribution in [0.5, 0.6) is 0 Å². The molecular weight excluding hydrogens is 311 g/mol. The lowest BCUT2D eigenvalue weighted by atomic mass is 9.76. The molecule has 0 radical (unpaired) electrons. The molecule has 0 aliphatic heterocycles. The summed E-state index contributed by atoms with van der Waals surface area (Å²) < 4.78 is 22.1. The molecule has 0 unspecified atom stereocenters. The van der Waals surface area contributed by atoms with Crippen molar-refractivity contribution < 1.29 is 18.4 Å². The van der Waals surface area contributed by atoms with Gasteiger partial charge in [-0.25, -0.2) is 0 Å². The molecule has 1 aliphatic rings. The van der Waals surface area contributed by atoms with E-state index in [1.54, 1.807) is 12.1 Å². The highest BCUT2D eigenvalue weighted by Gasteiger charge is 2.45. The zero-order valence-corrected chi connectivity index (χ0v) is 14.0. The van der Waals surface area contributed by atoms with Gasteiger partial charge in [0.2, 0.25) is 0 Å². The van der Waals surface area contributed by atoms with Gasteiger partial charge in [-0.1, -0.05) is 36.6 Å². The third-order valence-corrected chi connectivity index (χ3v) is 6.32. The highest BCUT2D eigenvalue weighted by Crippen LogP contribution is 2.50. The van der Waals surface area contributed by atoms with Crippen molar-refractivity contribution in [2.24, 2.45) is 0 Å². The third kappa shape index (κ3) is 3.40. The number of carbonyl (C=O) groups is 1. The Hall–Kier alpha value is -0.670. The van der Waals surface area contributed by atoms with Gasteiger partial charge in [-0.15, -0.1) is 0 Å². The average molecular weight is 331 g/mol. The lowest BCUT2D eigenvalue weighted by molar-refractivity contribution is -0.122. The number of hydrogen-bond acceptors (Lipinski definition) is 4. The van der Waals surface area contributed by atoms with Gasteiger partial charge in [0.1, 0.15) is 6.16 Å². The van der Waals surface area contributed by atoms with E-state index in [0.717, 1.165) is 31.2 Å². The molecule has 0 heterocycles. The first-order valence-electron chi connectivity index (χ1n) is 6.96. The molecule has 0 N–H and O–H groups in total. The Morgan fingerprint density at radius 1 is 1.19 bits per heavy atom. The Morgan fingerprint density at radius 3 is 2.19 bits per heavy atom. The Balaban J connectivity index is 2.32. The van der Waals surface area contributed by atoms with Gasteiger partial charge >= 0.3 is 7.60 Å². The average Bonchev–Trinajstić information content (AvgIpc) is 2.98. The summed E-state index contributed by atoms with van der Waals surface area (Å²) in [6, 6.07) is 7.35. The summed E-state index contributed by atoms with van der Waals surface area (Å²) in [5.41, 5.74) is 0.352. The maximum Gasteiger partial charge on any atom is 0.337 e. The number of benzene rings is 1. The zero-order valence-electron chi connectivity index (χ0n) is 12.3. The Labute approximate surface area is 130 Å². The maximum atomic E-state index is 12.8. The van der Waals surface area contributed by atoms with E-state index in [4.69, 9.17) is 20.6 Å². The predicted octanol–water partition coefficient (Wildman–Crippen LogP) is 4.21. The van der Waals surface area contributed by atoms with Crippen LogP contribution in [0, 0.1) is 0 Å². The Morgan fingerprint density at radius 2 is 1.71 bits per heavy atom. The van der Waals surface area contributed by atoms with Crippen molar-refractivity contribution in [2.45, 2.75) is 31.1 Å². The third-order valence-electron chi connectivity index (χ3n) is 4.28. The summed E-state index contributed by atoms with van der Waals surface area (Å²) in [4.78, 5) is 12.8. The van der Waals surface area contributed by atoms with E-state index >= 15 is 0 Å². The van der Waals surface area contributed by atoms with Crippen LogP contribution in [0.3, 0.4) is 0 Å². The van der Waals surface area contributed by atoms with Crippen LogP contribution in [0.2, 0.25) is 5.02 Å². The van der Waals surface area contributed by atoms with Crippen LogP contribution in [0.4, 0.5) is 0 Å². The van der Waals surface area contributed by atoms with Gasteiger partial charge in [-0.3, -0.25) is 9.36 Å². The lowest BCUT2D eigenvalue weighted by Gasteiger charge is -2.29. The minimum Gasteiger partial charge on any atom is -0.312 e. The van der Waals surface area contributed by atoms with Crippen molar-refractivity contribution in [3.63, 3.8) is 0 Å². The molecule has 0 amide bonds. The molecule has 1 saturated carbocycles. The summed E-state index contributed by atoms with van der Waals surface area (Å²) in [6.45, 7) is 0. The quantitative estimate of drug-likeness (QED) is 0.733. The van der Waals surface area contributed by atoms with Gasteiger partial charge in [-0.2, -0.15) is 0 Å². The lowest BCUT2D eigenvalue weighted by Crippen LogP contribution is -2.35. The van der Waals surface area contributed by atoms with E-state index in [1.807, 2.05) is 12.1 Å². The number of Topliss-reactive ketones (excluding diaryl/α,β-unsaturated/α-hetero) is 1. The van der Waals surface area contributed by atoms with E-state index in [9.17, 15) is 9.36 Å². The van der Waals surface area contributed by atoms with Crippen molar-refractivity contribution in [3.8, 4) is 0 Å². The standard InChI is InChI=1S/C15H20ClO4P/c1-19-21(18,20-2)11-14(17)15(9-3-4-10-15)12-5-7-13(16)8-6-12/h5-8H,3-4,9-11H2,1-2H3. The Bertz CT molecular complexity index is 541. The van der Waals surface area contributed by atoms with Gasteiger partial charge in [0.15, 0.2) is 5.78 Å². The number of halogens is 1. The molecule has 0 spiro atoms. The topological polar surface area (TPSA) is 52.6 Å². The van der Waals surface area contributed by atoms with Crippen LogP contribution < -0.4 is 0 Å². The molecule has 1 aromatic carbocycles. The highest BCUT2D eigenvalue weighted by molar-refractivity contribution is 7.54. The number of carbonyl (C=O) groups excluding carboxylic acids is 1. The van der Waals surface area contributed by atoms with Gasteiger partial charge in [0.05, 0.1) is 5.41 Å². The van der Waals surface area contributed by atoms with Crippen LogP contribution in [0.25, 0.3) is 0 Å². The highest BCUT2D eigenvalue weighted by atomic mass is 35.5. The van der Waals surface area contributed by atoms with Crippen LogP contribution in [0.15, 0.2) is 24.3 Å². The second-order valence-electron chi connectivity index (χ2n) is 5.35. The van der Waals surface area contributed by atoms with E-state index in [1.165, 1.54) is 14.2 Å². The fraction of sp³-hybridized carbons (Fsp3) is 0.533.